The third kappa shape index (κ3) is 2.14. The monoisotopic (exact) mass is 308 g/mol. The van der Waals surface area contributed by atoms with Crippen molar-refractivity contribution in [3.05, 3.63) is 65.4 Å². The Morgan fingerprint density at radius 1 is 1.27 bits per heavy atom. The fraction of sp³-hybridized carbons (Fsp3) is 0.0625. The Morgan fingerprint density at radius 2 is 2.18 bits per heavy atom. The zero-order valence-corrected chi connectivity index (χ0v) is 12.4. The molecule has 0 radical (unpaired) electrons. The van der Waals surface area contributed by atoms with Crippen molar-refractivity contribution >= 4 is 33.0 Å². The molecule has 0 unspecified atom stereocenters. The first kappa shape index (κ1) is 13.0. The zero-order chi connectivity index (χ0) is 14.9. The van der Waals surface area contributed by atoms with Gasteiger partial charge in [-0.05, 0) is 28.5 Å². The molecule has 6 heteroatoms. The molecule has 4 aromatic rings. The molecule has 0 saturated heterocycles. The van der Waals surface area contributed by atoms with Gasteiger partial charge in [-0.15, -0.1) is 11.3 Å². The van der Waals surface area contributed by atoms with Crippen LogP contribution < -0.4 is 5.32 Å². The highest BCUT2D eigenvalue weighted by atomic mass is 32.1. The highest BCUT2D eigenvalue weighted by molar-refractivity contribution is 7.17. The van der Waals surface area contributed by atoms with Gasteiger partial charge in [0, 0.05) is 23.6 Å². The Kier molecular flexibility index (Phi) is 3.08. The van der Waals surface area contributed by atoms with Crippen LogP contribution in [0.5, 0.6) is 0 Å². The van der Waals surface area contributed by atoms with Crippen LogP contribution in [0.15, 0.2) is 54.3 Å². The molecule has 22 heavy (non-hydrogen) atoms. The fourth-order valence-corrected chi connectivity index (χ4v) is 3.39. The van der Waals surface area contributed by atoms with Crippen LogP contribution in [-0.4, -0.2) is 20.5 Å². The lowest BCUT2D eigenvalue weighted by Crippen LogP contribution is -2.22. The molecule has 1 amide bonds. The standard InChI is InChI=1S/C16H12N4OS/c21-16(13-9-19-20-7-3-6-17-15(13)20)18-8-11-10-22-14-5-2-1-4-12(11)14/h1-7,9-10H,8H2,(H,18,21). The fourth-order valence-electron chi connectivity index (χ4n) is 2.43. The minimum absolute atomic E-state index is 0.163. The van der Waals surface area contributed by atoms with Gasteiger partial charge in [0.15, 0.2) is 5.65 Å². The number of hydrogen-bond acceptors (Lipinski definition) is 4. The number of nitrogens with zero attached hydrogens (tertiary/aromatic N) is 3. The molecule has 0 aliphatic carbocycles. The summed E-state index contributed by atoms with van der Waals surface area (Å²) in [6.45, 7) is 0.493. The van der Waals surface area contributed by atoms with Crippen molar-refractivity contribution in [3.8, 4) is 0 Å². The molecule has 0 aliphatic heterocycles. The number of nitrogens with one attached hydrogen (secondary N) is 1. The molecule has 0 fully saturated rings. The van der Waals surface area contributed by atoms with Crippen LogP contribution in [0.2, 0.25) is 0 Å². The first-order valence-corrected chi connectivity index (χ1v) is 7.72. The molecule has 3 heterocycles. The van der Waals surface area contributed by atoms with Gasteiger partial charge in [0.05, 0.1) is 6.20 Å². The molecule has 3 aromatic heterocycles. The van der Waals surface area contributed by atoms with Crippen LogP contribution in [0.1, 0.15) is 15.9 Å². The summed E-state index contributed by atoms with van der Waals surface area (Å²) in [6.07, 6.45) is 4.97. The van der Waals surface area contributed by atoms with E-state index in [0.29, 0.717) is 17.8 Å². The average Bonchev–Trinajstić information content (AvgIpc) is 3.17. The van der Waals surface area contributed by atoms with E-state index >= 15 is 0 Å². The van der Waals surface area contributed by atoms with Gasteiger partial charge in [0.1, 0.15) is 5.56 Å². The summed E-state index contributed by atoms with van der Waals surface area (Å²) < 4.78 is 2.82. The Balaban J connectivity index is 1.57. The van der Waals surface area contributed by atoms with E-state index in [1.807, 2.05) is 12.1 Å². The normalized spacial score (nSPS) is 11.1. The predicted octanol–water partition coefficient (Wildman–Crippen LogP) is 2.87. The maximum atomic E-state index is 12.4. The lowest BCUT2D eigenvalue weighted by atomic mass is 10.2. The van der Waals surface area contributed by atoms with Gasteiger partial charge in [0.2, 0.25) is 0 Å². The Hall–Kier alpha value is -2.73. The molecule has 0 spiro atoms. The lowest BCUT2D eigenvalue weighted by molar-refractivity contribution is 0.0952. The summed E-state index contributed by atoms with van der Waals surface area (Å²) in [7, 11) is 0. The van der Waals surface area contributed by atoms with Crippen molar-refractivity contribution in [2.24, 2.45) is 0 Å². The third-order valence-corrected chi connectivity index (χ3v) is 4.54. The molecule has 0 bridgehead atoms. The number of benzene rings is 1. The van der Waals surface area contributed by atoms with Crippen LogP contribution in [0.4, 0.5) is 0 Å². The average molecular weight is 308 g/mol. The molecule has 0 atom stereocenters. The highest BCUT2D eigenvalue weighted by Crippen LogP contribution is 2.25. The van der Waals surface area contributed by atoms with Gasteiger partial charge in [-0.3, -0.25) is 4.79 Å². The molecule has 108 valence electrons. The molecule has 0 saturated carbocycles. The number of aromatic nitrogens is 3. The van der Waals surface area contributed by atoms with Crippen molar-refractivity contribution in [1.82, 2.24) is 19.9 Å². The van der Waals surface area contributed by atoms with Crippen molar-refractivity contribution in [2.45, 2.75) is 6.54 Å². The van der Waals surface area contributed by atoms with Crippen molar-refractivity contribution < 1.29 is 4.79 Å². The van der Waals surface area contributed by atoms with E-state index in [-0.39, 0.29) is 5.91 Å². The lowest BCUT2D eigenvalue weighted by Gasteiger charge is -2.03. The van der Waals surface area contributed by atoms with E-state index in [1.165, 1.54) is 10.1 Å². The maximum Gasteiger partial charge on any atom is 0.257 e. The van der Waals surface area contributed by atoms with E-state index in [2.05, 4.69) is 32.9 Å². The number of carbonyl (C=O) groups excluding carboxylic acids is 1. The van der Waals surface area contributed by atoms with E-state index in [1.54, 1.807) is 40.5 Å². The highest BCUT2D eigenvalue weighted by Gasteiger charge is 2.13. The van der Waals surface area contributed by atoms with Gasteiger partial charge in [-0.25, -0.2) is 9.50 Å². The van der Waals surface area contributed by atoms with E-state index in [0.717, 1.165) is 5.56 Å². The number of rotatable bonds is 3. The topological polar surface area (TPSA) is 59.3 Å². The summed E-state index contributed by atoms with van der Waals surface area (Å²) in [6, 6.07) is 9.96. The first-order chi connectivity index (χ1) is 10.8. The summed E-state index contributed by atoms with van der Waals surface area (Å²) >= 11 is 1.69. The summed E-state index contributed by atoms with van der Waals surface area (Å²) in [4.78, 5) is 16.5. The van der Waals surface area contributed by atoms with Gasteiger partial charge in [-0.1, -0.05) is 18.2 Å². The second-order valence-corrected chi connectivity index (χ2v) is 5.80. The van der Waals surface area contributed by atoms with E-state index in [9.17, 15) is 4.79 Å². The Bertz CT molecular complexity index is 972. The van der Waals surface area contributed by atoms with Crippen molar-refractivity contribution in [2.75, 3.05) is 0 Å². The van der Waals surface area contributed by atoms with E-state index < -0.39 is 0 Å². The molecule has 5 nitrogen and oxygen atoms in total. The van der Waals surface area contributed by atoms with Gasteiger partial charge in [0.25, 0.3) is 5.91 Å². The summed E-state index contributed by atoms with van der Waals surface area (Å²) in [5, 5.41) is 10.3. The zero-order valence-electron chi connectivity index (χ0n) is 11.6. The van der Waals surface area contributed by atoms with Crippen molar-refractivity contribution in [3.63, 3.8) is 0 Å². The SMILES string of the molecule is O=C(NCc1csc2ccccc12)c1cnn2cccnc12. The van der Waals surface area contributed by atoms with Crippen LogP contribution in [0, 0.1) is 0 Å². The minimum Gasteiger partial charge on any atom is -0.348 e. The number of thiophene rings is 1. The van der Waals surface area contributed by atoms with Gasteiger partial charge >= 0.3 is 0 Å². The molecule has 1 N–H and O–H groups in total. The van der Waals surface area contributed by atoms with Crippen LogP contribution in [0.3, 0.4) is 0 Å². The molecule has 1 aromatic carbocycles. The van der Waals surface area contributed by atoms with Crippen molar-refractivity contribution in [1.29, 1.82) is 0 Å². The molecular weight excluding hydrogens is 296 g/mol. The third-order valence-electron chi connectivity index (χ3n) is 3.52. The summed E-state index contributed by atoms with van der Waals surface area (Å²) in [5.41, 5.74) is 2.17. The second-order valence-electron chi connectivity index (χ2n) is 4.89. The number of amides is 1. The maximum absolute atomic E-state index is 12.4. The minimum atomic E-state index is -0.163. The Labute approximate surface area is 130 Å². The number of carbonyl (C=O) groups is 1. The smallest absolute Gasteiger partial charge is 0.257 e. The van der Waals surface area contributed by atoms with Crippen LogP contribution >= 0.6 is 11.3 Å². The number of hydrogen-bond donors (Lipinski definition) is 1. The van der Waals surface area contributed by atoms with E-state index in [4.69, 9.17) is 0 Å². The van der Waals surface area contributed by atoms with Gasteiger partial charge in [-0.2, -0.15) is 5.10 Å². The molecule has 4 rings (SSSR count). The van der Waals surface area contributed by atoms with Crippen LogP contribution in [0.25, 0.3) is 15.7 Å². The van der Waals surface area contributed by atoms with Crippen LogP contribution in [-0.2, 0) is 6.54 Å². The largest absolute Gasteiger partial charge is 0.348 e. The van der Waals surface area contributed by atoms with Gasteiger partial charge < -0.3 is 5.32 Å². The second kappa shape index (κ2) is 5.23. The first-order valence-electron chi connectivity index (χ1n) is 6.84. The number of fused-ring (bicyclic) bond motifs is 2. The molecular formula is C16H12N4OS. The quantitative estimate of drug-likeness (QED) is 0.633. The molecule has 0 aliphatic rings. The Morgan fingerprint density at radius 3 is 3.14 bits per heavy atom. The predicted molar refractivity (Wildman–Crippen MR) is 86.0 cm³/mol. The summed E-state index contributed by atoms with van der Waals surface area (Å²) in [5.74, 6) is -0.163.